The van der Waals surface area contributed by atoms with Crippen molar-refractivity contribution in [3.05, 3.63) is 28.3 Å². The van der Waals surface area contributed by atoms with Gasteiger partial charge in [0.15, 0.2) is 9.84 Å². The van der Waals surface area contributed by atoms with Crippen molar-refractivity contribution in [2.45, 2.75) is 24.7 Å². The summed E-state index contributed by atoms with van der Waals surface area (Å²) in [7, 11) is -3.64. The van der Waals surface area contributed by atoms with Gasteiger partial charge in [0.2, 0.25) is 0 Å². The Labute approximate surface area is 116 Å². The first kappa shape index (κ1) is 15.5. The molecular formula is C12H12ClNO4S. The highest BCUT2D eigenvalue weighted by Gasteiger charge is 2.21. The Kier molecular flexibility index (Phi) is 4.92. The monoisotopic (exact) mass is 301 g/mol. The first-order valence-corrected chi connectivity index (χ1v) is 7.45. The second-order valence-corrected chi connectivity index (χ2v) is 6.48. The first-order valence-electron chi connectivity index (χ1n) is 5.42. The van der Waals surface area contributed by atoms with Crippen LogP contribution in [0.5, 0.6) is 0 Å². The van der Waals surface area contributed by atoms with Gasteiger partial charge in [-0.1, -0.05) is 11.6 Å². The minimum atomic E-state index is -3.64. The number of nitriles is 1. The van der Waals surface area contributed by atoms with Gasteiger partial charge < -0.3 is 5.11 Å². The van der Waals surface area contributed by atoms with E-state index in [4.69, 9.17) is 22.0 Å². The molecule has 5 nitrogen and oxygen atoms in total. The number of hydrogen-bond acceptors (Lipinski definition) is 4. The second-order valence-electron chi connectivity index (χ2n) is 3.96. The van der Waals surface area contributed by atoms with Crippen LogP contribution in [-0.2, 0) is 9.84 Å². The fourth-order valence-corrected chi connectivity index (χ4v) is 3.56. The van der Waals surface area contributed by atoms with Crippen LogP contribution in [0.3, 0.4) is 0 Å². The highest BCUT2D eigenvalue weighted by molar-refractivity contribution is 7.91. The largest absolute Gasteiger partial charge is 0.478 e. The molecule has 0 aliphatic carbocycles. The predicted molar refractivity (Wildman–Crippen MR) is 70.0 cm³/mol. The van der Waals surface area contributed by atoms with Crippen LogP contribution in [0, 0.1) is 18.3 Å². The van der Waals surface area contributed by atoms with Crippen molar-refractivity contribution in [2.24, 2.45) is 0 Å². The zero-order valence-electron chi connectivity index (χ0n) is 10.2. The summed E-state index contributed by atoms with van der Waals surface area (Å²) in [6, 6.07) is 4.32. The molecule has 0 bridgehead atoms. The smallest absolute Gasteiger partial charge is 0.336 e. The summed E-state index contributed by atoms with van der Waals surface area (Å²) >= 11 is 5.75. The maximum Gasteiger partial charge on any atom is 0.336 e. The first-order chi connectivity index (χ1) is 8.79. The molecule has 0 amide bonds. The lowest BCUT2D eigenvalue weighted by molar-refractivity contribution is 0.0696. The Hall–Kier alpha value is -1.58. The van der Waals surface area contributed by atoms with Gasteiger partial charge in [-0.25, -0.2) is 13.2 Å². The molecule has 0 fully saturated rings. The topological polar surface area (TPSA) is 95.2 Å². The van der Waals surface area contributed by atoms with Crippen LogP contribution in [-0.4, -0.2) is 25.2 Å². The Balaban J connectivity index is 3.27. The molecule has 1 rings (SSSR count). The van der Waals surface area contributed by atoms with E-state index in [0.29, 0.717) is 0 Å². The highest BCUT2D eigenvalue weighted by Crippen LogP contribution is 2.26. The summed E-state index contributed by atoms with van der Waals surface area (Å²) in [4.78, 5) is 10.9. The van der Waals surface area contributed by atoms with E-state index in [1.165, 1.54) is 19.1 Å². The van der Waals surface area contributed by atoms with Gasteiger partial charge in [0, 0.05) is 11.4 Å². The highest BCUT2D eigenvalue weighted by atomic mass is 35.5. The third kappa shape index (κ3) is 3.69. The van der Waals surface area contributed by atoms with Crippen molar-refractivity contribution in [2.75, 3.05) is 5.75 Å². The number of aromatic carboxylic acids is 1. The molecule has 19 heavy (non-hydrogen) atoms. The molecule has 7 heteroatoms. The summed E-state index contributed by atoms with van der Waals surface area (Å²) in [5.74, 6) is -1.44. The molecule has 0 heterocycles. The molecule has 0 unspecified atom stereocenters. The van der Waals surface area contributed by atoms with Crippen LogP contribution < -0.4 is 0 Å². The van der Waals surface area contributed by atoms with Crippen molar-refractivity contribution in [1.29, 1.82) is 5.26 Å². The summed E-state index contributed by atoms with van der Waals surface area (Å²) in [5, 5.41) is 17.5. The molecule has 0 spiro atoms. The van der Waals surface area contributed by atoms with Crippen LogP contribution in [0.15, 0.2) is 17.0 Å². The number of carbonyl (C=O) groups is 1. The third-order valence-corrected chi connectivity index (χ3v) is 4.73. The Morgan fingerprint density at radius 2 is 2.11 bits per heavy atom. The van der Waals surface area contributed by atoms with E-state index in [9.17, 15) is 13.2 Å². The van der Waals surface area contributed by atoms with E-state index >= 15 is 0 Å². The van der Waals surface area contributed by atoms with Gasteiger partial charge in [0.05, 0.1) is 22.3 Å². The van der Waals surface area contributed by atoms with E-state index in [1.807, 2.05) is 6.07 Å². The Morgan fingerprint density at radius 3 is 2.63 bits per heavy atom. The van der Waals surface area contributed by atoms with Crippen molar-refractivity contribution < 1.29 is 18.3 Å². The second kappa shape index (κ2) is 6.04. The molecule has 102 valence electrons. The fraction of sp³-hybridized carbons (Fsp3) is 0.333. The minimum absolute atomic E-state index is 0.0573. The lowest BCUT2D eigenvalue weighted by Gasteiger charge is -2.10. The van der Waals surface area contributed by atoms with Gasteiger partial charge in [-0.3, -0.25) is 0 Å². The van der Waals surface area contributed by atoms with Crippen LogP contribution in [0.1, 0.15) is 28.8 Å². The quantitative estimate of drug-likeness (QED) is 0.843. The zero-order chi connectivity index (χ0) is 14.6. The van der Waals surface area contributed by atoms with Crippen LogP contribution >= 0.6 is 11.6 Å². The van der Waals surface area contributed by atoms with Gasteiger partial charge in [0.1, 0.15) is 0 Å². The minimum Gasteiger partial charge on any atom is -0.478 e. The average molecular weight is 302 g/mol. The van der Waals surface area contributed by atoms with Gasteiger partial charge in [-0.15, -0.1) is 0 Å². The average Bonchev–Trinajstić information content (AvgIpc) is 2.31. The number of sulfone groups is 1. The van der Waals surface area contributed by atoms with Gasteiger partial charge in [-0.05, 0) is 31.0 Å². The number of carboxylic acid groups (broad SMARTS) is 1. The molecule has 0 aliphatic heterocycles. The fourth-order valence-electron chi connectivity index (χ4n) is 1.65. The summed E-state index contributed by atoms with van der Waals surface area (Å²) < 4.78 is 24.2. The lowest BCUT2D eigenvalue weighted by Crippen LogP contribution is -2.11. The van der Waals surface area contributed by atoms with Crippen LogP contribution in [0.4, 0.5) is 0 Å². The number of carboxylic acids is 1. The van der Waals surface area contributed by atoms with Crippen LogP contribution in [0.25, 0.3) is 0 Å². The van der Waals surface area contributed by atoms with Crippen LogP contribution in [0.2, 0.25) is 5.02 Å². The van der Waals surface area contributed by atoms with E-state index in [-0.39, 0.29) is 39.6 Å². The number of hydrogen-bond donors (Lipinski definition) is 1. The van der Waals surface area contributed by atoms with E-state index in [1.54, 1.807) is 0 Å². The van der Waals surface area contributed by atoms with E-state index in [2.05, 4.69) is 0 Å². The third-order valence-electron chi connectivity index (χ3n) is 2.59. The molecule has 0 atom stereocenters. The molecule has 0 aliphatic rings. The van der Waals surface area contributed by atoms with Gasteiger partial charge >= 0.3 is 5.97 Å². The molecule has 1 N–H and O–H groups in total. The van der Waals surface area contributed by atoms with Crippen molar-refractivity contribution in [3.63, 3.8) is 0 Å². The van der Waals surface area contributed by atoms with Gasteiger partial charge in [-0.2, -0.15) is 5.26 Å². The molecule has 0 saturated heterocycles. The molecule has 0 saturated carbocycles. The number of benzene rings is 1. The molecule has 0 radical (unpaired) electrons. The molecule has 1 aromatic rings. The summed E-state index contributed by atoms with van der Waals surface area (Å²) in [6.07, 6.45) is 0.331. The predicted octanol–water partition coefficient (Wildman–Crippen LogP) is 2.42. The maximum atomic E-state index is 12.1. The van der Waals surface area contributed by atoms with E-state index < -0.39 is 15.8 Å². The normalized spacial score (nSPS) is 11.0. The Morgan fingerprint density at radius 1 is 1.47 bits per heavy atom. The Bertz CT molecular complexity index is 646. The van der Waals surface area contributed by atoms with Gasteiger partial charge in [0.25, 0.3) is 0 Å². The van der Waals surface area contributed by atoms with E-state index in [0.717, 1.165) is 0 Å². The molecular weight excluding hydrogens is 290 g/mol. The number of nitrogens with zero attached hydrogens (tertiary/aromatic N) is 1. The number of unbranched alkanes of at least 4 members (excludes halogenated alkanes) is 1. The molecule has 0 aromatic heterocycles. The summed E-state index contributed by atoms with van der Waals surface area (Å²) in [5.41, 5.74) is 0.0280. The molecule has 1 aromatic carbocycles. The summed E-state index contributed by atoms with van der Waals surface area (Å²) in [6.45, 7) is 1.43. The number of halogens is 1. The zero-order valence-corrected chi connectivity index (χ0v) is 11.8. The SMILES string of the molecule is Cc1c(C(=O)O)cc(Cl)cc1S(=O)(=O)CCCC#N. The van der Waals surface area contributed by atoms with Crippen molar-refractivity contribution in [3.8, 4) is 6.07 Å². The van der Waals surface area contributed by atoms with Crippen molar-refractivity contribution in [1.82, 2.24) is 0 Å². The standard InChI is InChI=1S/C12H12ClNO4S/c1-8-10(12(15)16)6-9(13)7-11(8)19(17,18)5-3-2-4-14/h6-7H,2-3,5H2,1H3,(H,15,16). The lowest BCUT2D eigenvalue weighted by atomic mass is 10.1. The maximum absolute atomic E-state index is 12.1. The number of rotatable bonds is 5. The van der Waals surface area contributed by atoms with Crippen molar-refractivity contribution >= 4 is 27.4 Å².